The van der Waals surface area contributed by atoms with E-state index in [0.717, 1.165) is 17.5 Å². The van der Waals surface area contributed by atoms with Crippen LogP contribution < -0.4 is 5.32 Å². The monoisotopic (exact) mass is 247 g/mol. The number of aromatic amines is 1. The fraction of sp³-hybridized carbons (Fsp3) is 0.357. The van der Waals surface area contributed by atoms with Crippen LogP contribution in [-0.4, -0.2) is 16.2 Å². The maximum atomic E-state index is 12.8. The molecule has 1 heterocycles. The van der Waals surface area contributed by atoms with E-state index in [1.807, 2.05) is 24.5 Å². The van der Waals surface area contributed by atoms with Crippen molar-refractivity contribution in [3.8, 4) is 0 Å². The van der Waals surface area contributed by atoms with Crippen LogP contribution in [0.2, 0.25) is 0 Å². The van der Waals surface area contributed by atoms with Crippen LogP contribution >= 0.6 is 0 Å². The summed E-state index contributed by atoms with van der Waals surface area (Å²) in [5, 5.41) is 10.2. The summed E-state index contributed by atoms with van der Waals surface area (Å²) in [6.07, 6.45) is 4.59. The van der Waals surface area contributed by atoms with E-state index in [1.165, 1.54) is 12.1 Å². The van der Waals surface area contributed by atoms with E-state index in [2.05, 4.69) is 29.4 Å². The number of nitrogens with zero attached hydrogens (tertiary/aromatic N) is 1. The lowest BCUT2D eigenvalue weighted by Crippen LogP contribution is -2.30. The van der Waals surface area contributed by atoms with Crippen LogP contribution in [-0.2, 0) is 6.42 Å². The Kier molecular flexibility index (Phi) is 4.10. The first-order chi connectivity index (χ1) is 8.65. The molecule has 0 aliphatic rings. The van der Waals surface area contributed by atoms with Crippen LogP contribution in [0.3, 0.4) is 0 Å². The van der Waals surface area contributed by atoms with Crippen molar-refractivity contribution in [1.82, 2.24) is 15.5 Å². The van der Waals surface area contributed by atoms with E-state index in [0.29, 0.717) is 6.04 Å². The molecule has 1 aromatic carbocycles. The maximum absolute atomic E-state index is 12.8. The lowest BCUT2D eigenvalue weighted by atomic mass is 10.1. The molecule has 96 valence electrons. The largest absolute Gasteiger partial charge is 0.307 e. The van der Waals surface area contributed by atoms with Gasteiger partial charge in [-0.1, -0.05) is 12.1 Å². The molecule has 4 heteroatoms. The smallest absolute Gasteiger partial charge is 0.123 e. The number of hydrogen-bond donors (Lipinski definition) is 2. The Morgan fingerprint density at radius 2 is 2.00 bits per heavy atom. The third-order valence-corrected chi connectivity index (χ3v) is 3.01. The van der Waals surface area contributed by atoms with Crippen molar-refractivity contribution in [3.05, 3.63) is 53.6 Å². The molecule has 2 unspecified atom stereocenters. The van der Waals surface area contributed by atoms with Gasteiger partial charge in [-0.05, 0) is 38.0 Å². The molecule has 0 radical (unpaired) electrons. The Bertz CT molecular complexity index is 464. The Morgan fingerprint density at radius 1 is 1.28 bits per heavy atom. The zero-order valence-corrected chi connectivity index (χ0v) is 10.7. The highest BCUT2D eigenvalue weighted by molar-refractivity contribution is 5.17. The van der Waals surface area contributed by atoms with Gasteiger partial charge in [-0.3, -0.25) is 5.10 Å². The molecule has 2 atom stereocenters. The summed E-state index contributed by atoms with van der Waals surface area (Å²) in [4.78, 5) is 0. The summed E-state index contributed by atoms with van der Waals surface area (Å²) in [7, 11) is 0. The van der Waals surface area contributed by atoms with Gasteiger partial charge in [-0.15, -0.1) is 0 Å². The summed E-state index contributed by atoms with van der Waals surface area (Å²) in [5.74, 6) is -0.189. The predicted octanol–water partition coefficient (Wildman–Crippen LogP) is 2.83. The van der Waals surface area contributed by atoms with Gasteiger partial charge >= 0.3 is 0 Å². The minimum Gasteiger partial charge on any atom is -0.307 e. The van der Waals surface area contributed by atoms with Crippen LogP contribution in [0, 0.1) is 5.82 Å². The fourth-order valence-electron chi connectivity index (χ4n) is 2.05. The zero-order valence-electron chi connectivity index (χ0n) is 10.7. The lowest BCUT2D eigenvalue weighted by Gasteiger charge is -2.19. The van der Waals surface area contributed by atoms with Gasteiger partial charge in [0.15, 0.2) is 0 Å². The number of H-pyrrole nitrogens is 1. The maximum Gasteiger partial charge on any atom is 0.123 e. The first-order valence-corrected chi connectivity index (χ1v) is 6.14. The molecular formula is C14H18FN3. The summed E-state index contributed by atoms with van der Waals surface area (Å²) < 4.78 is 12.8. The summed E-state index contributed by atoms with van der Waals surface area (Å²) >= 11 is 0. The molecule has 3 nitrogen and oxygen atoms in total. The molecule has 0 spiro atoms. The summed E-state index contributed by atoms with van der Waals surface area (Å²) in [5.41, 5.74) is 2.27. The van der Waals surface area contributed by atoms with Gasteiger partial charge in [0.25, 0.3) is 0 Å². The molecule has 2 N–H and O–H groups in total. The minimum atomic E-state index is -0.189. The van der Waals surface area contributed by atoms with E-state index in [-0.39, 0.29) is 11.9 Å². The van der Waals surface area contributed by atoms with Crippen molar-refractivity contribution in [3.63, 3.8) is 0 Å². The second kappa shape index (κ2) is 5.78. The van der Waals surface area contributed by atoms with E-state index < -0.39 is 0 Å². The van der Waals surface area contributed by atoms with Gasteiger partial charge in [-0.2, -0.15) is 5.10 Å². The van der Waals surface area contributed by atoms with Gasteiger partial charge in [0, 0.05) is 23.8 Å². The van der Waals surface area contributed by atoms with Crippen molar-refractivity contribution < 1.29 is 4.39 Å². The molecule has 0 fully saturated rings. The topological polar surface area (TPSA) is 40.7 Å². The van der Waals surface area contributed by atoms with Crippen LogP contribution in [0.4, 0.5) is 4.39 Å². The Hall–Kier alpha value is -1.68. The van der Waals surface area contributed by atoms with Crippen LogP contribution in [0.1, 0.15) is 31.0 Å². The van der Waals surface area contributed by atoms with Crippen molar-refractivity contribution in [1.29, 1.82) is 0 Å². The van der Waals surface area contributed by atoms with E-state index in [4.69, 9.17) is 0 Å². The molecule has 2 aromatic rings. The van der Waals surface area contributed by atoms with Crippen molar-refractivity contribution >= 4 is 0 Å². The first-order valence-electron chi connectivity index (χ1n) is 6.14. The second-order valence-electron chi connectivity index (χ2n) is 4.65. The molecule has 0 saturated carbocycles. The third kappa shape index (κ3) is 3.40. The summed E-state index contributed by atoms with van der Waals surface area (Å²) in [6, 6.07) is 7.23. The van der Waals surface area contributed by atoms with Gasteiger partial charge in [0.1, 0.15) is 5.82 Å². The Labute approximate surface area is 106 Å². The SMILES string of the molecule is CC(Cc1ccc(F)cc1)NC(C)c1cn[nH]c1. The Morgan fingerprint density at radius 3 is 2.61 bits per heavy atom. The van der Waals surface area contributed by atoms with Crippen molar-refractivity contribution in [2.45, 2.75) is 32.4 Å². The van der Waals surface area contributed by atoms with Crippen LogP contribution in [0.5, 0.6) is 0 Å². The van der Waals surface area contributed by atoms with Crippen LogP contribution in [0.15, 0.2) is 36.7 Å². The number of rotatable bonds is 5. The van der Waals surface area contributed by atoms with Crippen molar-refractivity contribution in [2.75, 3.05) is 0 Å². The molecule has 0 aliphatic heterocycles. The highest BCUT2D eigenvalue weighted by atomic mass is 19.1. The minimum absolute atomic E-state index is 0.189. The quantitative estimate of drug-likeness (QED) is 0.853. The summed E-state index contributed by atoms with van der Waals surface area (Å²) in [6.45, 7) is 4.23. The van der Waals surface area contributed by atoms with E-state index in [9.17, 15) is 4.39 Å². The number of hydrogen-bond acceptors (Lipinski definition) is 2. The first kappa shape index (κ1) is 12.8. The third-order valence-electron chi connectivity index (χ3n) is 3.01. The second-order valence-corrected chi connectivity index (χ2v) is 4.65. The fourth-order valence-corrected chi connectivity index (χ4v) is 2.05. The molecule has 0 bridgehead atoms. The predicted molar refractivity (Wildman–Crippen MR) is 69.7 cm³/mol. The van der Waals surface area contributed by atoms with E-state index >= 15 is 0 Å². The highest BCUT2D eigenvalue weighted by Crippen LogP contribution is 2.12. The number of nitrogens with one attached hydrogen (secondary N) is 2. The molecule has 0 aliphatic carbocycles. The average Bonchev–Trinajstić information content (AvgIpc) is 2.85. The molecule has 18 heavy (non-hydrogen) atoms. The molecular weight excluding hydrogens is 229 g/mol. The number of aromatic nitrogens is 2. The Balaban J connectivity index is 1.88. The van der Waals surface area contributed by atoms with Gasteiger partial charge in [0.2, 0.25) is 0 Å². The van der Waals surface area contributed by atoms with E-state index in [1.54, 1.807) is 0 Å². The molecule has 1 aromatic heterocycles. The lowest BCUT2D eigenvalue weighted by molar-refractivity contribution is 0.477. The number of benzene rings is 1. The van der Waals surface area contributed by atoms with Gasteiger partial charge in [-0.25, -0.2) is 4.39 Å². The number of halogens is 1. The zero-order chi connectivity index (χ0) is 13.0. The normalized spacial score (nSPS) is 14.4. The standard InChI is InChI=1S/C14H18FN3/c1-10(7-12-3-5-14(15)6-4-12)18-11(2)13-8-16-17-9-13/h3-6,8-11,18H,7H2,1-2H3,(H,16,17). The molecule has 0 saturated heterocycles. The van der Waals surface area contributed by atoms with Crippen molar-refractivity contribution in [2.24, 2.45) is 0 Å². The van der Waals surface area contributed by atoms with Crippen LogP contribution in [0.25, 0.3) is 0 Å². The van der Waals surface area contributed by atoms with Gasteiger partial charge in [0.05, 0.1) is 6.20 Å². The molecule has 0 amide bonds. The molecule has 2 rings (SSSR count). The highest BCUT2D eigenvalue weighted by Gasteiger charge is 2.10. The van der Waals surface area contributed by atoms with Gasteiger partial charge < -0.3 is 5.32 Å². The average molecular weight is 247 g/mol.